The molecule has 150 valence electrons. The highest BCUT2D eigenvalue weighted by atomic mass is 16.5. The summed E-state index contributed by atoms with van der Waals surface area (Å²) in [5, 5.41) is 0. The van der Waals surface area contributed by atoms with E-state index >= 15 is 0 Å². The van der Waals surface area contributed by atoms with Gasteiger partial charge in [0, 0.05) is 19.5 Å². The van der Waals surface area contributed by atoms with E-state index in [2.05, 4.69) is 11.9 Å². The normalized spacial score (nSPS) is 12.4. The van der Waals surface area contributed by atoms with Gasteiger partial charge in [0.2, 0.25) is 0 Å². The van der Waals surface area contributed by atoms with E-state index in [1.165, 1.54) is 0 Å². The first-order valence-electron chi connectivity index (χ1n) is 9.88. The monoisotopic (exact) mass is 389 g/mol. The zero-order valence-corrected chi connectivity index (χ0v) is 17.2. The highest BCUT2D eigenvalue weighted by Gasteiger charge is 2.20. The number of ether oxygens (including phenoxy) is 3. The molecule has 3 aromatic rings. The van der Waals surface area contributed by atoms with Gasteiger partial charge in [-0.2, -0.15) is 0 Å². The molecule has 2 aromatic carbocycles. The number of pyridine rings is 1. The van der Waals surface area contributed by atoms with Crippen molar-refractivity contribution in [2.75, 3.05) is 13.7 Å². The van der Waals surface area contributed by atoms with Crippen LogP contribution in [0.25, 0.3) is 6.08 Å². The van der Waals surface area contributed by atoms with Gasteiger partial charge in [-0.15, -0.1) is 0 Å². The highest BCUT2D eigenvalue weighted by Crippen LogP contribution is 2.33. The van der Waals surface area contributed by atoms with Gasteiger partial charge in [-0.25, -0.2) is 0 Å². The van der Waals surface area contributed by atoms with Crippen molar-refractivity contribution in [2.45, 2.75) is 26.4 Å². The van der Waals surface area contributed by atoms with Gasteiger partial charge in [-0.1, -0.05) is 43.3 Å². The van der Waals surface area contributed by atoms with Gasteiger partial charge in [-0.05, 0) is 60.4 Å². The average Bonchev–Trinajstić information content (AvgIpc) is 2.77. The fourth-order valence-electron chi connectivity index (χ4n) is 3.14. The van der Waals surface area contributed by atoms with Gasteiger partial charge in [0.05, 0.1) is 6.61 Å². The van der Waals surface area contributed by atoms with Crippen LogP contribution < -0.4 is 9.47 Å². The lowest BCUT2D eigenvalue weighted by Crippen LogP contribution is -2.11. The molecule has 1 unspecified atom stereocenters. The molecule has 0 radical (unpaired) electrons. The van der Waals surface area contributed by atoms with Crippen LogP contribution in [0.3, 0.4) is 0 Å². The summed E-state index contributed by atoms with van der Waals surface area (Å²) in [6.07, 6.45) is 6.03. The maximum absolute atomic E-state index is 6.43. The number of benzene rings is 2. The molecule has 0 saturated carbocycles. The number of hydrogen-bond acceptors (Lipinski definition) is 4. The molecule has 1 aromatic heterocycles. The van der Waals surface area contributed by atoms with Gasteiger partial charge >= 0.3 is 0 Å². The van der Waals surface area contributed by atoms with E-state index in [-0.39, 0.29) is 6.10 Å². The van der Waals surface area contributed by atoms with Crippen molar-refractivity contribution >= 4 is 6.08 Å². The summed E-state index contributed by atoms with van der Waals surface area (Å²) in [6, 6.07) is 19.9. The Bertz CT molecular complexity index is 923. The van der Waals surface area contributed by atoms with Gasteiger partial charge in [0.25, 0.3) is 0 Å². The van der Waals surface area contributed by atoms with Crippen LogP contribution in [0, 0.1) is 0 Å². The van der Waals surface area contributed by atoms with Crippen LogP contribution in [-0.2, 0) is 11.2 Å². The quantitative estimate of drug-likeness (QED) is 0.430. The molecule has 0 saturated heterocycles. The Hall–Kier alpha value is -3.11. The topological polar surface area (TPSA) is 40.6 Å². The second-order valence-corrected chi connectivity index (χ2v) is 6.52. The van der Waals surface area contributed by atoms with Crippen molar-refractivity contribution in [3.8, 4) is 11.5 Å². The molecule has 0 amide bonds. The number of aryl methyl sites for hydroxylation is 1. The molecule has 0 spiro atoms. The van der Waals surface area contributed by atoms with Gasteiger partial charge in [0.1, 0.15) is 23.4 Å². The van der Waals surface area contributed by atoms with E-state index in [1.54, 1.807) is 19.5 Å². The Morgan fingerprint density at radius 2 is 1.86 bits per heavy atom. The first kappa shape index (κ1) is 20.6. The van der Waals surface area contributed by atoms with Gasteiger partial charge in [0.15, 0.2) is 0 Å². The van der Waals surface area contributed by atoms with Crippen LogP contribution in [0.15, 0.2) is 78.8 Å². The Morgan fingerprint density at radius 1 is 1.03 bits per heavy atom. The third kappa shape index (κ3) is 5.46. The van der Waals surface area contributed by atoms with Crippen LogP contribution in [0.4, 0.5) is 0 Å². The molecule has 0 aliphatic heterocycles. The second-order valence-electron chi connectivity index (χ2n) is 6.52. The fourth-order valence-corrected chi connectivity index (χ4v) is 3.14. The molecule has 4 heteroatoms. The Morgan fingerprint density at radius 3 is 2.52 bits per heavy atom. The van der Waals surface area contributed by atoms with E-state index in [0.717, 1.165) is 34.6 Å². The van der Waals surface area contributed by atoms with Crippen LogP contribution in [0.2, 0.25) is 0 Å². The molecule has 29 heavy (non-hydrogen) atoms. The molecular weight excluding hydrogens is 362 g/mol. The van der Waals surface area contributed by atoms with E-state index in [9.17, 15) is 0 Å². The standard InChI is InChI=1S/C25H27NO3/c1-4-20-17-22(28-5-2)13-14-23(20)29-24(16-19-10-9-15-26-18-19)25(27-3)21-11-7-6-8-12-21/h6-18,25H,4-5H2,1-3H3/b24-16+. The van der Waals surface area contributed by atoms with E-state index < -0.39 is 0 Å². The lowest BCUT2D eigenvalue weighted by Gasteiger charge is -2.22. The molecule has 0 aliphatic carbocycles. The maximum atomic E-state index is 6.43. The van der Waals surface area contributed by atoms with E-state index in [4.69, 9.17) is 14.2 Å². The average molecular weight is 389 g/mol. The first-order valence-corrected chi connectivity index (χ1v) is 9.88. The third-order valence-corrected chi connectivity index (χ3v) is 4.54. The summed E-state index contributed by atoms with van der Waals surface area (Å²) in [7, 11) is 1.69. The molecule has 0 aliphatic rings. The van der Waals surface area contributed by atoms with Crippen LogP contribution >= 0.6 is 0 Å². The van der Waals surface area contributed by atoms with Crippen LogP contribution in [0.5, 0.6) is 11.5 Å². The number of nitrogens with zero attached hydrogens (tertiary/aromatic N) is 1. The smallest absolute Gasteiger partial charge is 0.140 e. The highest BCUT2D eigenvalue weighted by molar-refractivity contribution is 5.53. The molecule has 0 bridgehead atoms. The number of aromatic nitrogens is 1. The summed E-state index contributed by atoms with van der Waals surface area (Å²) in [6.45, 7) is 4.72. The minimum absolute atomic E-state index is 0.340. The molecule has 3 rings (SSSR count). The lowest BCUT2D eigenvalue weighted by molar-refractivity contribution is 0.101. The zero-order valence-electron chi connectivity index (χ0n) is 17.2. The Labute approximate surface area is 172 Å². The molecule has 1 heterocycles. The maximum Gasteiger partial charge on any atom is 0.140 e. The summed E-state index contributed by atoms with van der Waals surface area (Å²) >= 11 is 0. The fraction of sp³-hybridized carbons (Fsp3) is 0.240. The summed E-state index contributed by atoms with van der Waals surface area (Å²) in [5.41, 5.74) is 3.05. The first-order chi connectivity index (χ1) is 14.2. The van der Waals surface area contributed by atoms with Crippen molar-refractivity contribution < 1.29 is 14.2 Å². The summed E-state index contributed by atoms with van der Waals surface area (Å²) in [4.78, 5) is 4.21. The predicted octanol–water partition coefficient (Wildman–Crippen LogP) is 5.85. The Kier molecular flexibility index (Phi) is 7.42. The van der Waals surface area contributed by atoms with Crippen molar-refractivity contribution in [1.82, 2.24) is 4.98 Å². The molecule has 4 nitrogen and oxygen atoms in total. The van der Waals surface area contributed by atoms with Crippen molar-refractivity contribution in [2.24, 2.45) is 0 Å². The minimum Gasteiger partial charge on any atom is -0.494 e. The number of hydrogen-bond donors (Lipinski definition) is 0. The largest absolute Gasteiger partial charge is 0.494 e. The lowest BCUT2D eigenvalue weighted by atomic mass is 10.1. The summed E-state index contributed by atoms with van der Waals surface area (Å²) < 4.78 is 17.9. The minimum atomic E-state index is -0.340. The number of rotatable bonds is 9. The zero-order chi connectivity index (χ0) is 20.5. The van der Waals surface area contributed by atoms with Crippen molar-refractivity contribution in [1.29, 1.82) is 0 Å². The van der Waals surface area contributed by atoms with Crippen molar-refractivity contribution in [3.63, 3.8) is 0 Å². The molecule has 0 N–H and O–H groups in total. The third-order valence-electron chi connectivity index (χ3n) is 4.54. The van der Waals surface area contributed by atoms with Crippen molar-refractivity contribution in [3.05, 3.63) is 95.5 Å². The van der Waals surface area contributed by atoms with E-state index in [0.29, 0.717) is 12.4 Å². The molecular formula is C25H27NO3. The summed E-state index contributed by atoms with van der Waals surface area (Å²) in [5.74, 6) is 2.34. The van der Waals surface area contributed by atoms with Crippen LogP contribution in [0.1, 0.15) is 36.6 Å². The SMILES string of the molecule is CCOc1ccc(O/C(=C/c2cccnc2)C(OC)c2ccccc2)c(CC)c1. The van der Waals surface area contributed by atoms with E-state index in [1.807, 2.05) is 73.7 Å². The predicted molar refractivity (Wildman–Crippen MR) is 116 cm³/mol. The second kappa shape index (κ2) is 10.4. The van der Waals surface area contributed by atoms with Gasteiger partial charge in [-0.3, -0.25) is 4.98 Å². The van der Waals surface area contributed by atoms with Crippen LogP contribution in [-0.4, -0.2) is 18.7 Å². The Balaban J connectivity index is 2.01. The molecule has 1 atom stereocenters. The molecule has 0 fully saturated rings. The number of methoxy groups -OCH3 is 1. The van der Waals surface area contributed by atoms with Gasteiger partial charge < -0.3 is 14.2 Å².